The minimum atomic E-state index is -0.255. The van der Waals surface area contributed by atoms with E-state index in [9.17, 15) is 4.79 Å². The van der Waals surface area contributed by atoms with Crippen molar-refractivity contribution in [1.29, 1.82) is 0 Å². The van der Waals surface area contributed by atoms with Crippen molar-refractivity contribution >= 4 is 23.1 Å². The monoisotopic (exact) mass is 448 g/mol. The Bertz CT molecular complexity index is 1200. The molecule has 0 radical (unpaired) electrons. The highest BCUT2D eigenvalue weighted by Gasteiger charge is 2.14. The smallest absolute Gasteiger partial charge is 0.263 e. The lowest BCUT2D eigenvalue weighted by Gasteiger charge is -2.07. The van der Waals surface area contributed by atoms with Crippen LogP contribution in [0.4, 0.5) is 5.82 Å². The molecule has 0 fully saturated rings. The van der Waals surface area contributed by atoms with E-state index in [2.05, 4.69) is 10.4 Å². The van der Waals surface area contributed by atoms with Crippen molar-refractivity contribution in [2.75, 3.05) is 18.5 Å². The minimum absolute atomic E-state index is 0.0806. The predicted octanol–water partition coefficient (Wildman–Crippen LogP) is 4.94. The lowest BCUT2D eigenvalue weighted by atomic mass is 10.2. The van der Waals surface area contributed by atoms with E-state index in [1.54, 1.807) is 11.7 Å². The molecule has 32 heavy (non-hydrogen) atoms. The van der Waals surface area contributed by atoms with Gasteiger partial charge in [-0.15, -0.1) is 11.3 Å². The van der Waals surface area contributed by atoms with Crippen LogP contribution in [0.2, 0.25) is 0 Å². The van der Waals surface area contributed by atoms with E-state index in [-0.39, 0.29) is 12.5 Å². The maximum atomic E-state index is 12.3. The number of nitrogens with zero attached hydrogens (tertiary/aromatic N) is 3. The minimum Gasteiger partial charge on any atom is -0.494 e. The van der Waals surface area contributed by atoms with E-state index < -0.39 is 0 Å². The van der Waals surface area contributed by atoms with Crippen molar-refractivity contribution < 1.29 is 14.3 Å². The third kappa shape index (κ3) is 5.15. The number of hydrogen-bond donors (Lipinski definition) is 1. The maximum Gasteiger partial charge on any atom is 0.263 e. The van der Waals surface area contributed by atoms with Crippen LogP contribution in [0.25, 0.3) is 22.0 Å². The van der Waals surface area contributed by atoms with Gasteiger partial charge < -0.3 is 14.8 Å². The van der Waals surface area contributed by atoms with Gasteiger partial charge in [0.15, 0.2) is 6.61 Å². The summed E-state index contributed by atoms with van der Waals surface area (Å²) in [5, 5.41) is 10.1. The van der Waals surface area contributed by atoms with Gasteiger partial charge >= 0.3 is 0 Å². The average molecular weight is 449 g/mol. The topological polar surface area (TPSA) is 78.3 Å². The van der Waals surface area contributed by atoms with Crippen molar-refractivity contribution in [3.63, 3.8) is 0 Å². The SMILES string of the molecule is CCOc1ccc(-c2csc(-c3cc(NC(=O)COc4ccc(C)cc4)n(C)n3)n2)cc1. The van der Waals surface area contributed by atoms with E-state index in [1.165, 1.54) is 11.3 Å². The molecule has 1 N–H and O–H groups in total. The summed E-state index contributed by atoms with van der Waals surface area (Å²) in [5.41, 5.74) is 3.71. The normalized spacial score (nSPS) is 10.7. The Kier molecular flexibility index (Phi) is 6.51. The molecule has 0 saturated carbocycles. The summed E-state index contributed by atoms with van der Waals surface area (Å²) < 4.78 is 12.7. The number of carbonyl (C=O) groups is 1. The number of thiazole rings is 1. The molecule has 2 heterocycles. The van der Waals surface area contributed by atoms with Crippen LogP contribution < -0.4 is 14.8 Å². The van der Waals surface area contributed by atoms with Crippen LogP contribution in [0.1, 0.15) is 12.5 Å². The van der Waals surface area contributed by atoms with Crippen molar-refractivity contribution in [3.8, 4) is 33.5 Å². The summed E-state index contributed by atoms with van der Waals surface area (Å²) in [7, 11) is 1.78. The van der Waals surface area contributed by atoms with Gasteiger partial charge in [0.25, 0.3) is 5.91 Å². The van der Waals surface area contributed by atoms with Gasteiger partial charge in [-0.25, -0.2) is 4.98 Å². The first-order valence-corrected chi connectivity index (χ1v) is 11.1. The molecule has 8 heteroatoms. The van der Waals surface area contributed by atoms with Gasteiger partial charge in [-0.3, -0.25) is 9.48 Å². The van der Waals surface area contributed by atoms with E-state index in [1.807, 2.05) is 73.8 Å². The van der Waals surface area contributed by atoms with Gasteiger partial charge in [0.1, 0.15) is 28.0 Å². The molecule has 4 aromatic rings. The number of anilines is 1. The van der Waals surface area contributed by atoms with Crippen LogP contribution in [0, 0.1) is 6.92 Å². The zero-order valence-corrected chi connectivity index (χ0v) is 19.0. The molecule has 1 amide bonds. The zero-order valence-electron chi connectivity index (χ0n) is 18.2. The average Bonchev–Trinajstić information content (AvgIpc) is 3.41. The fraction of sp³-hybridized carbons (Fsp3) is 0.208. The van der Waals surface area contributed by atoms with Crippen LogP contribution in [-0.2, 0) is 11.8 Å². The highest BCUT2D eigenvalue weighted by molar-refractivity contribution is 7.13. The summed E-state index contributed by atoms with van der Waals surface area (Å²) >= 11 is 1.51. The Labute approximate surface area is 190 Å². The van der Waals surface area contributed by atoms with Gasteiger partial charge in [0.05, 0.1) is 12.3 Å². The number of amides is 1. The second kappa shape index (κ2) is 9.65. The fourth-order valence-corrected chi connectivity index (χ4v) is 3.85. The molecule has 0 aliphatic rings. The van der Waals surface area contributed by atoms with Gasteiger partial charge in [-0.2, -0.15) is 5.10 Å². The maximum absolute atomic E-state index is 12.3. The third-order valence-corrected chi connectivity index (χ3v) is 5.59. The van der Waals surface area contributed by atoms with Crippen molar-refractivity contribution in [3.05, 3.63) is 65.5 Å². The molecule has 2 aromatic heterocycles. The number of hydrogen-bond acceptors (Lipinski definition) is 6. The van der Waals surface area contributed by atoms with E-state index in [0.29, 0.717) is 23.9 Å². The summed E-state index contributed by atoms with van der Waals surface area (Å²) in [4.78, 5) is 17.0. The molecular weight excluding hydrogens is 424 g/mol. The number of aromatic nitrogens is 3. The molecular formula is C24H24N4O3S. The zero-order chi connectivity index (χ0) is 22.5. The second-order valence-corrected chi connectivity index (χ2v) is 8.04. The first-order valence-electron chi connectivity index (χ1n) is 10.2. The molecule has 0 aliphatic carbocycles. The number of rotatable bonds is 8. The molecule has 4 rings (SSSR count). The number of benzene rings is 2. The molecule has 2 aromatic carbocycles. The predicted molar refractivity (Wildman–Crippen MR) is 126 cm³/mol. The Hall–Kier alpha value is -3.65. The molecule has 0 bridgehead atoms. The largest absolute Gasteiger partial charge is 0.494 e. The van der Waals surface area contributed by atoms with Gasteiger partial charge in [0, 0.05) is 24.1 Å². The van der Waals surface area contributed by atoms with E-state index >= 15 is 0 Å². The summed E-state index contributed by atoms with van der Waals surface area (Å²) in [6.07, 6.45) is 0. The lowest BCUT2D eigenvalue weighted by molar-refractivity contribution is -0.118. The van der Waals surface area contributed by atoms with Gasteiger partial charge in [-0.05, 0) is 50.2 Å². The Morgan fingerprint density at radius 1 is 1.03 bits per heavy atom. The standard InChI is InChI=1S/C24H24N4O3S/c1-4-30-18-11-7-17(8-12-18)21-15-32-24(25-21)20-13-22(28(3)27-20)26-23(29)14-31-19-9-5-16(2)6-10-19/h5-13,15H,4,14H2,1-3H3,(H,26,29). The first kappa shape index (κ1) is 21.6. The summed E-state index contributed by atoms with van der Waals surface area (Å²) in [6, 6.07) is 17.2. The highest BCUT2D eigenvalue weighted by Crippen LogP contribution is 2.30. The molecule has 0 atom stereocenters. The number of ether oxygens (including phenoxy) is 2. The summed E-state index contributed by atoms with van der Waals surface area (Å²) in [6.45, 7) is 4.51. The van der Waals surface area contributed by atoms with E-state index in [0.717, 1.165) is 27.6 Å². The molecule has 7 nitrogen and oxygen atoms in total. The second-order valence-electron chi connectivity index (χ2n) is 7.18. The van der Waals surface area contributed by atoms with Crippen LogP contribution in [0.3, 0.4) is 0 Å². The van der Waals surface area contributed by atoms with Crippen LogP contribution in [-0.4, -0.2) is 33.9 Å². The van der Waals surface area contributed by atoms with E-state index in [4.69, 9.17) is 14.5 Å². The lowest BCUT2D eigenvalue weighted by Crippen LogP contribution is -2.21. The molecule has 0 unspecified atom stereocenters. The molecule has 164 valence electrons. The van der Waals surface area contributed by atoms with Crippen LogP contribution >= 0.6 is 11.3 Å². The van der Waals surface area contributed by atoms with Crippen molar-refractivity contribution in [1.82, 2.24) is 14.8 Å². The molecule has 0 aliphatic heterocycles. The number of nitrogens with one attached hydrogen (secondary N) is 1. The Morgan fingerprint density at radius 2 is 1.72 bits per heavy atom. The fourth-order valence-electron chi connectivity index (χ4n) is 3.06. The Morgan fingerprint density at radius 3 is 2.44 bits per heavy atom. The highest BCUT2D eigenvalue weighted by atomic mass is 32.1. The quantitative estimate of drug-likeness (QED) is 0.413. The Balaban J connectivity index is 1.40. The molecule has 0 spiro atoms. The van der Waals surface area contributed by atoms with Crippen molar-refractivity contribution in [2.24, 2.45) is 7.05 Å². The van der Waals surface area contributed by atoms with Gasteiger partial charge in [-0.1, -0.05) is 17.7 Å². The van der Waals surface area contributed by atoms with Crippen LogP contribution in [0.5, 0.6) is 11.5 Å². The summed E-state index contributed by atoms with van der Waals surface area (Å²) in [5.74, 6) is 1.81. The molecule has 0 saturated heterocycles. The van der Waals surface area contributed by atoms with Crippen molar-refractivity contribution in [2.45, 2.75) is 13.8 Å². The first-order chi connectivity index (χ1) is 15.5. The van der Waals surface area contributed by atoms with Gasteiger partial charge in [0.2, 0.25) is 0 Å². The third-order valence-electron chi connectivity index (χ3n) is 4.72. The number of carbonyl (C=O) groups excluding carboxylic acids is 1. The number of aryl methyl sites for hydroxylation is 2. The van der Waals surface area contributed by atoms with Crippen LogP contribution in [0.15, 0.2) is 60.0 Å².